The fraction of sp³-hybridized carbons (Fsp3) is 0.615. The lowest BCUT2D eigenvalue weighted by molar-refractivity contribution is -0.154. The molecule has 2 rings (SSSR count). The van der Waals surface area contributed by atoms with Crippen LogP contribution < -0.4 is 4.74 Å². The fourth-order valence-electron chi connectivity index (χ4n) is 1.85. The van der Waals surface area contributed by atoms with Crippen molar-refractivity contribution in [2.75, 3.05) is 6.61 Å². The van der Waals surface area contributed by atoms with Crippen molar-refractivity contribution in [1.82, 2.24) is 24.5 Å². The van der Waals surface area contributed by atoms with Gasteiger partial charge in [-0.05, 0) is 20.8 Å². The third-order valence-corrected chi connectivity index (χ3v) is 2.95. The summed E-state index contributed by atoms with van der Waals surface area (Å²) in [6, 6.07) is 0. The van der Waals surface area contributed by atoms with Gasteiger partial charge in [0.2, 0.25) is 11.7 Å². The van der Waals surface area contributed by atoms with Crippen LogP contribution in [0.4, 0.5) is 26.3 Å². The van der Waals surface area contributed by atoms with Crippen molar-refractivity contribution in [3.63, 3.8) is 0 Å². The van der Waals surface area contributed by atoms with Crippen LogP contribution in [0.2, 0.25) is 0 Å². The van der Waals surface area contributed by atoms with Crippen molar-refractivity contribution >= 4 is 0 Å². The maximum atomic E-state index is 11.9. The highest BCUT2D eigenvalue weighted by Gasteiger charge is 2.36. The zero-order chi connectivity index (χ0) is 19.6. The first-order valence-corrected chi connectivity index (χ1v) is 6.87. The van der Waals surface area contributed by atoms with Crippen molar-refractivity contribution in [3.05, 3.63) is 22.9 Å². The van der Waals surface area contributed by atoms with Gasteiger partial charge >= 0.3 is 12.4 Å². The number of ether oxygens (including phenoxy) is 1. The van der Waals surface area contributed by atoms with Crippen molar-refractivity contribution in [2.45, 2.75) is 33.1 Å². The van der Waals surface area contributed by atoms with E-state index in [2.05, 4.69) is 19.9 Å². The van der Waals surface area contributed by atoms with Gasteiger partial charge in [-0.1, -0.05) is 0 Å². The van der Waals surface area contributed by atoms with Gasteiger partial charge in [-0.3, -0.25) is 0 Å². The van der Waals surface area contributed by atoms with Crippen LogP contribution in [0.3, 0.4) is 0 Å². The van der Waals surface area contributed by atoms with Crippen molar-refractivity contribution in [2.24, 2.45) is 14.1 Å². The Kier molecular flexibility index (Phi) is 6.08. The largest absolute Gasteiger partial charge is 0.468 e. The van der Waals surface area contributed by atoms with E-state index >= 15 is 0 Å². The minimum atomic E-state index is -4.41. The van der Waals surface area contributed by atoms with E-state index in [1.165, 1.54) is 18.7 Å². The predicted octanol–water partition coefficient (Wildman–Crippen LogP) is 3.12. The van der Waals surface area contributed by atoms with E-state index in [-0.39, 0.29) is 11.7 Å². The number of rotatable bonds is 2. The van der Waals surface area contributed by atoms with Gasteiger partial charge in [0.25, 0.3) is 0 Å². The average Bonchev–Trinajstić information content (AvgIpc) is 2.87. The van der Waals surface area contributed by atoms with Gasteiger partial charge < -0.3 is 4.74 Å². The summed E-state index contributed by atoms with van der Waals surface area (Å²) in [6.07, 6.45) is -8.72. The monoisotopic (exact) mass is 373 g/mol. The molecule has 0 amide bonds. The number of hydrogen-bond donors (Lipinski definition) is 0. The zero-order valence-electron chi connectivity index (χ0n) is 14.1. The maximum Gasteiger partial charge on any atom is 0.451 e. The van der Waals surface area contributed by atoms with Crippen LogP contribution in [-0.2, 0) is 20.3 Å². The second kappa shape index (κ2) is 7.31. The Hall–Kier alpha value is -2.27. The molecule has 0 aliphatic heterocycles. The maximum absolute atomic E-state index is 11.9. The highest BCUT2D eigenvalue weighted by atomic mass is 19.4. The lowest BCUT2D eigenvalue weighted by Gasteiger charge is -2.09. The van der Waals surface area contributed by atoms with Gasteiger partial charge in [-0.15, -0.1) is 0 Å². The number of hydrogen-bond acceptors (Lipinski definition) is 4. The molecule has 0 N–H and O–H groups in total. The minimum Gasteiger partial charge on any atom is -0.468 e. The van der Waals surface area contributed by atoms with Crippen LogP contribution in [0.1, 0.15) is 22.9 Å². The highest BCUT2D eigenvalue weighted by molar-refractivity contribution is 5.28. The molecule has 0 unspecified atom stereocenters. The quantitative estimate of drug-likeness (QED) is 0.759. The van der Waals surface area contributed by atoms with Crippen LogP contribution in [0, 0.1) is 20.8 Å². The van der Waals surface area contributed by atoms with E-state index < -0.39 is 24.8 Å². The SMILES string of the molecule is Cc1nc(C(F)(F)F)n(C)n1.Cc1nn(C)c(OCC(F)(F)F)c1C. The third-order valence-electron chi connectivity index (χ3n) is 2.95. The number of nitrogens with zero attached hydrogens (tertiary/aromatic N) is 5. The molecular weight excluding hydrogens is 356 g/mol. The smallest absolute Gasteiger partial charge is 0.451 e. The standard InChI is InChI=1S/C8H11F3N2O.C5H6F3N3/c1-5-6(2)12-13(3)7(5)14-4-8(9,10)11;1-3-9-4(5(6,7)8)11(2)10-3/h4H2,1-3H3;1-2H3. The van der Waals surface area contributed by atoms with Crippen LogP contribution in [-0.4, -0.2) is 37.3 Å². The summed E-state index contributed by atoms with van der Waals surface area (Å²) in [4.78, 5) is 3.21. The molecule has 0 bridgehead atoms. The number of alkyl halides is 6. The molecule has 2 aromatic heterocycles. The average molecular weight is 373 g/mol. The van der Waals surface area contributed by atoms with Crippen LogP contribution in [0.25, 0.3) is 0 Å². The summed E-state index contributed by atoms with van der Waals surface area (Å²) >= 11 is 0. The van der Waals surface area contributed by atoms with Gasteiger partial charge in [-0.25, -0.2) is 14.3 Å². The van der Waals surface area contributed by atoms with Crippen molar-refractivity contribution in [1.29, 1.82) is 0 Å². The second-order valence-corrected chi connectivity index (χ2v) is 5.15. The molecule has 0 atom stereocenters. The molecule has 6 nitrogen and oxygen atoms in total. The lowest BCUT2D eigenvalue weighted by atomic mass is 10.3. The Morgan fingerprint density at radius 1 is 0.920 bits per heavy atom. The molecular formula is C13H17F6N5O. The Labute approximate surface area is 139 Å². The van der Waals surface area contributed by atoms with Crippen molar-refractivity contribution < 1.29 is 31.1 Å². The molecule has 0 radical (unpaired) electrons. The van der Waals surface area contributed by atoms with Crippen molar-refractivity contribution in [3.8, 4) is 5.88 Å². The van der Waals surface area contributed by atoms with E-state index in [9.17, 15) is 26.3 Å². The predicted molar refractivity (Wildman–Crippen MR) is 75.0 cm³/mol. The summed E-state index contributed by atoms with van der Waals surface area (Å²) in [5, 5.41) is 7.40. The number of aryl methyl sites for hydroxylation is 4. The summed E-state index contributed by atoms with van der Waals surface area (Å²) in [5.41, 5.74) is 1.31. The Bertz CT molecular complexity index is 716. The van der Waals surface area contributed by atoms with Gasteiger partial charge in [0.1, 0.15) is 5.82 Å². The number of aromatic nitrogens is 5. The Morgan fingerprint density at radius 3 is 1.76 bits per heavy atom. The van der Waals surface area contributed by atoms with Gasteiger partial charge in [0.05, 0.1) is 5.69 Å². The van der Waals surface area contributed by atoms with E-state index in [0.29, 0.717) is 11.3 Å². The van der Waals surface area contributed by atoms with Gasteiger partial charge in [0.15, 0.2) is 6.61 Å². The second-order valence-electron chi connectivity index (χ2n) is 5.15. The molecule has 0 saturated carbocycles. The Balaban J connectivity index is 0.000000257. The first-order valence-electron chi connectivity index (χ1n) is 6.87. The first-order chi connectivity index (χ1) is 11.2. The molecule has 25 heavy (non-hydrogen) atoms. The highest BCUT2D eigenvalue weighted by Crippen LogP contribution is 2.26. The molecule has 0 aliphatic carbocycles. The molecule has 0 aliphatic rings. The minimum absolute atomic E-state index is 0.125. The van der Waals surface area contributed by atoms with E-state index in [4.69, 9.17) is 0 Å². The van der Waals surface area contributed by atoms with Crippen LogP contribution in [0.5, 0.6) is 5.88 Å². The third kappa shape index (κ3) is 5.94. The molecule has 12 heteroatoms. The van der Waals surface area contributed by atoms with Crippen LogP contribution >= 0.6 is 0 Å². The van der Waals surface area contributed by atoms with E-state index in [1.54, 1.807) is 20.9 Å². The van der Waals surface area contributed by atoms with Crippen LogP contribution in [0.15, 0.2) is 0 Å². The van der Waals surface area contributed by atoms with E-state index in [1.807, 2.05) is 0 Å². The molecule has 0 spiro atoms. The normalized spacial score (nSPS) is 12.0. The summed E-state index contributed by atoms with van der Waals surface area (Å²) < 4.78 is 78.0. The molecule has 2 aromatic rings. The molecule has 0 fully saturated rings. The Morgan fingerprint density at radius 2 is 1.48 bits per heavy atom. The summed E-state index contributed by atoms with van der Waals surface area (Å²) in [7, 11) is 2.76. The molecule has 0 aromatic carbocycles. The van der Waals surface area contributed by atoms with Gasteiger partial charge in [0, 0.05) is 19.7 Å². The molecule has 142 valence electrons. The summed E-state index contributed by atoms with van der Waals surface area (Å²) in [6.45, 7) is 3.52. The van der Waals surface area contributed by atoms with E-state index in [0.717, 1.165) is 4.68 Å². The fourth-order valence-corrected chi connectivity index (χ4v) is 1.85. The van der Waals surface area contributed by atoms with Gasteiger partial charge in [-0.2, -0.15) is 36.5 Å². The first kappa shape index (κ1) is 20.8. The lowest BCUT2D eigenvalue weighted by Crippen LogP contribution is -2.20. The molecule has 2 heterocycles. The summed E-state index contributed by atoms with van der Waals surface area (Å²) in [5.74, 6) is -0.672. The molecule has 0 saturated heterocycles. The number of halogens is 6. The topological polar surface area (TPSA) is 57.8 Å². The zero-order valence-corrected chi connectivity index (χ0v) is 14.1.